The van der Waals surface area contributed by atoms with Gasteiger partial charge in [-0.25, -0.2) is 0 Å². The van der Waals surface area contributed by atoms with Crippen LogP contribution in [0.3, 0.4) is 0 Å². The summed E-state index contributed by atoms with van der Waals surface area (Å²) >= 11 is 12.1. The Labute approximate surface area is 117 Å². The summed E-state index contributed by atoms with van der Waals surface area (Å²) in [6.07, 6.45) is 2.39. The standard InChI is InChI=1S/C14H14Cl2N2/c1-9-5-6-18-13(7-9)12(17)8-10-3-2-4-11(15)14(10)16/h2-7,12H,8,17H2,1H3. The maximum absolute atomic E-state index is 6.15. The molecule has 0 aliphatic carbocycles. The second-order valence-electron chi connectivity index (χ2n) is 4.28. The molecular formula is C14H14Cl2N2. The van der Waals surface area contributed by atoms with Gasteiger partial charge in [-0.15, -0.1) is 0 Å². The molecule has 0 aliphatic heterocycles. The molecule has 0 fully saturated rings. The van der Waals surface area contributed by atoms with Gasteiger partial charge in [0.25, 0.3) is 0 Å². The van der Waals surface area contributed by atoms with E-state index < -0.39 is 0 Å². The lowest BCUT2D eigenvalue weighted by Crippen LogP contribution is -2.15. The molecule has 0 spiro atoms. The second kappa shape index (κ2) is 5.70. The van der Waals surface area contributed by atoms with Gasteiger partial charge in [0.2, 0.25) is 0 Å². The molecule has 1 heterocycles. The third-order valence-electron chi connectivity index (χ3n) is 2.79. The Morgan fingerprint density at radius 3 is 2.78 bits per heavy atom. The van der Waals surface area contributed by atoms with Crippen molar-refractivity contribution in [3.8, 4) is 0 Å². The highest BCUT2D eigenvalue weighted by Crippen LogP contribution is 2.28. The number of hydrogen-bond donors (Lipinski definition) is 1. The fraction of sp³-hybridized carbons (Fsp3) is 0.214. The van der Waals surface area contributed by atoms with Crippen molar-refractivity contribution < 1.29 is 0 Å². The molecule has 0 amide bonds. The molecule has 2 aromatic rings. The molecule has 0 aliphatic rings. The first-order valence-electron chi connectivity index (χ1n) is 5.69. The molecule has 0 saturated heterocycles. The SMILES string of the molecule is Cc1ccnc(C(N)Cc2cccc(Cl)c2Cl)c1. The summed E-state index contributed by atoms with van der Waals surface area (Å²) in [5.41, 5.74) is 9.11. The Bertz CT molecular complexity index is 555. The van der Waals surface area contributed by atoms with Gasteiger partial charge in [0.05, 0.1) is 21.8 Å². The second-order valence-corrected chi connectivity index (χ2v) is 5.07. The largest absolute Gasteiger partial charge is 0.322 e. The number of hydrogen-bond acceptors (Lipinski definition) is 2. The summed E-state index contributed by atoms with van der Waals surface area (Å²) in [6, 6.07) is 9.33. The molecule has 1 aromatic carbocycles. The maximum atomic E-state index is 6.15. The maximum Gasteiger partial charge on any atom is 0.0624 e. The smallest absolute Gasteiger partial charge is 0.0624 e. The summed E-state index contributed by atoms with van der Waals surface area (Å²) < 4.78 is 0. The molecular weight excluding hydrogens is 267 g/mol. The van der Waals surface area contributed by atoms with E-state index in [0.29, 0.717) is 16.5 Å². The molecule has 0 radical (unpaired) electrons. The van der Waals surface area contributed by atoms with Gasteiger partial charge in [-0.1, -0.05) is 35.3 Å². The van der Waals surface area contributed by atoms with Crippen LogP contribution in [0.25, 0.3) is 0 Å². The normalized spacial score (nSPS) is 12.4. The molecule has 4 heteroatoms. The third-order valence-corrected chi connectivity index (χ3v) is 3.65. The van der Waals surface area contributed by atoms with Gasteiger partial charge in [-0.3, -0.25) is 4.98 Å². The summed E-state index contributed by atoms with van der Waals surface area (Å²) in [5, 5.41) is 1.13. The molecule has 2 N–H and O–H groups in total. The van der Waals surface area contributed by atoms with E-state index in [1.165, 1.54) is 0 Å². The molecule has 1 atom stereocenters. The zero-order chi connectivity index (χ0) is 13.1. The van der Waals surface area contributed by atoms with E-state index in [4.69, 9.17) is 28.9 Å². The van der Waals surface area contributed by atoms with Crippen LogP contribution in [0.5, 0.6) is 0 Å². The van der Waals surface area contributed by atoms with Crippen LogP contribution in [0.1, 0.15) is 22.9 Å². The first-order valence-corrected chi connectivity index (χ1v) is 6.44. The van der Waals surface area contributed by atoms with E-state index in [1.807, 2.05) is 31.2 Å². The van der Waals surface area contributed by atoms with Gasteiger partial charge in [-0.2, -0.15) is 0 Å². The average Bonchev–Trinajstić information content (AvgIpc) is 2.35. The van der Waals surface area contributed by atoms with E-state index in [-0.39, 0.29) is 6.04 Å². The van der Waals surface area contributed by atoms with Crippen LogP contribution >= 0.6 is 23.2 Å². The molecule has 2 nitrogen and oxygen atoms in total. The fourth-order valence-corrected chi connectivity index (χ4v) is 2.21. The van der Waals surface area contributed by atoms with Crippen molar-refractivity contribution in [2.75, 3.05) is 0 Å². The molecule has 0 bridgehead atoms. The van der Waals surface area contributed by atoms with E-state index in [1.54, 1.807) is 12.3 Å². The van der Waals surface area contributed by atoms with Crippen molar-refractivity contribution in [2.45, 2.75) is 19.4 Å². The van der Waals surface area contributed by atoms with Gasteiger partial charge >= 0.3 is 0 Å². The quantitative estimate of drug-likeness (QED) is 0.925. The lowest BCUT2D eigenvalue weighted by Gasteiger charge is -2.13. The van der Waals surface area contributed by atoms with Crippen molar-refractivity contribution >= 4 is 23.2 Å². The van der Waals surface area contributed by atoms with Crippen molar-refractivity contribution in [1.29, 1.82) is 0 Å². The fourth-order valence-electron chi connectivity index (χ4n) is 1.81. The van der Waals surface area contributed by atoms with Gasteiger partial charge in [-0.05, 0) is 42.7 Å². The number of nitrogens with zero attached hydrogens (tertiary/aromatic N) is 1. The number of pyridine rings is 1. The summed E-state index contributed by atoms with van der Waals surface area (Å²) in [5.74, 6) is 0. The van der Waals surface area contributed by atoms with E-state index in [0.717, 1.165) is 16.8 Å². The topological polar surface area (TPSA) is 38.9 Å². The Hall–Kier alpha value is -1.09. The van der Waals surface area contributed by atoms with Crippen LogP contribution in [-0.4, -0.2) is 4.98 Å². The number of halogens is 2. The van der Waals surface area contributed by atoms with Crippen molar-refractivity contribution in [1.82, 2.24) is 4.98 Å². The minimum atomic E-state index is -0.180. The molecule has 1 aromatic heterocycles. The Morgan fingerprint density at radius 1 is 1.28 bits per heavy atom. The third kappa shape index (κ3) is 3.02. The van der Waals surface area contributed by atoms with Gasteiger partial charge < -0.3 is 5.73 Å². The first kappa shape index (κ1) is 13.3. The summed E-state index contributed by atoms with van der Waals surface area (Å²) in [6.45, 7) is 2.02. The molecule has 94 valence electrons. The van der Waals surface area contributed by atoms with E-state index in [2.05, 4.69) is 4.98 Å². The zero-order valence-electron chi connectivity index (χ0n) is 10.0. The molecule has 0 saturated carbocycles. The van der Waals surface area contributed by atoms with E-state index >= 15 is 0 Å². The minimum Gasteiger partial charge on any atom is -0.322 e. The first-order chi connectivity index (χ1) is 8.58. The number of benzene rings is 1. The lowest BCUT2D eigenvalue weighted by atomic mass is 10.0. The van der Waals surface area contributed by atoms with Crippen molar-refractivity contribution in [3.05, 3.63) is 63.4 Å². The Morgan fingerprint density at radius 2 is 2.06 bits per heavy atom. The number of nitrogens with two attached hydrogens (primary N) is 1. The van der Waals surface area contributed by atoms with E-state index in [9.17, 15) is 0 Å². The van der Waals surface area contributed by atoms with Gasteiger partial charge in [0.1, 0.15) is 0 Å². The number of rotatable bonds is 3. The number of aryl methyl sites for hydroxylation is 1. The number of aromatic nitrogens is 1. The predicted octanol–water partition coefficient (Wildman–Crippen LogP) is 3.94. The minimum absolute atomic E-state index is 0.180. The Balaban J connectivity index is 2.21. The van der Waals surface area contributed by atoms with Gasteiger partial charge in [0.15, 0.2) is 0 Å². The predicted molar refractivity (Wildman–Crippen MR) is 76.1 cm³/mol. The van der Waals surface area contributed by atoms with Crippen molar-refractivity contribution in [3.63, 3.8) is 0 Å². The molecule has 18 heavy (non-hydrogen) atoms. The molecule has 1 unspecified atom stereocenters. The monoisotopic (exact) mass is 280 g/mol. The van der Waals surface area contributed by atoms with Crippen LogP contribution in [-0.2, 0) is 6.42 Å². The average molecular weight is 281 g/mol. The lowest BCUT2D eigenvalue weighted by molar-refractivity contribution is 0.695. The summed E-state index contributed by atoms with van der Waals surface area (Å²) in [7, 11) is 0. The van der Waals surface area contributed by atoms with Crippen LogP contribution in [0.4, 0.5) is 0 Å². The van der Waals surface area contributed by atoms with Crippen LogP contribution in [0.15, 0.2) is 36.5 Å². The Kier molecular flexibility index (Phi) is 4.23. The zero-order valence-corrected chi connectivity index (χ0v) is 11.5. The highest BCUT2D eigenvalue weighted by atomic mass is 35.5. The van der Waals surface area contributed by atoms with Crippen LogP contribution in [0.2, 0.25) is 10.0 Å². The summed E-state index contributed by atoms with van der Waals surface area (Å²) in [4.78, 5) is 4.29. The van der Waals surface area contributed by atoms with Crippen molar-refractivity contribution in [2.24, 2.45) is 5.73 Å². The van der Waals surface area contributed by atoms with Crippen LogP contribution < -0.4 is 5.73 Å². The highest BCUT2D eigenvalue weighted by Gasteiger charge is 2.12. The van der Waals surface area contributed by atoms with Crippen LogP contribution in [0, 0.1) is 6.92 Å². The van der Waals surface area contributed by atoms with Gasteiger partial charge in [0, 0.05) is 6.20 Å². The molecule has 2 rings (SSSR count). The highest BCUT2D eigenvalue weighted by molar-refractivity contribution is 6.42.